The monoisotopic (exact) mass is 247 g/mol. The summed E-state index contributed by atoms with van der Waals surface area (Å²) in [5, 5.41) is -0.312. The third-order valence-electron chi connectivity index (χ3n) is 1.91. The number of amides is 1. The van der Waals surface area contributed by atoms with Gasteiger partial charge in [0.25, 0.3) is 11.0 Å². The normalized spacial score (nSPS) is 14.6. The first-order valence-electron chi connectivity index (χ1n) is 4.79. The minimum absolute atomic E-state index is 0.0892. The van der Waals surface area contributed by atoms with Gasteiger partial charge in [0.05, 0.1) is 0 Å². The highest BCUT2D eigenvalue weighted by molar-refractivity contribution is 6.33. The zero-order valence-electron chi connectivity index (χ0n) is 8.93. The second-order valence-electron chi connectivity index (χ2n) is 3.71. The molecule has 88 valence electrons. The molecule has 1 N–H and O–H groups in total. The lowest BCUT2D eigenvalue weighted by Gasteiger charge is -2.19. The van der Waals surface area contributed by atoms with Crippen LogP contribution >= 0.6 is 11.6 Å². The highest BCUT2D eigenvalue weighted by Crippen LogP contribution is 2.31. The maximum absolute atomic E-state index is 13.9. The molecule has 1 aromatic rings. The van der Waals surface area contributed by atoms with E-state index < -0.39 is 16.9 Å². The molecule has 0 radical (unpaired) electrons. The zero-order chi connectivity index (χ0) is 12.3. The van der Waals surface area contributed by atoms with Crippen LogP contribution in [0.4, 0.5) is 8.78 Å². The van der Waals surface area contributed by atoms with Crippen molar-refractivity contribution in [3.63, 3.8) is 0 Å². The van der Waals surface area contributed by atoms with Gasteiger partial charge in [-0.05, 0) is 26.0 Å². The molecule has 0 fully saturated rings. The molecule has 0 saturated heterocycles. The summed E-state index contributed by atoms with van der Waals surface area (Å²) in [5.74, 6) is -1.46. The maximum atomic E-state index is 13.9. The molecule has 1 atom stereocenters. The van der Waals surface area contributed by atoms with E-state index in [9.17, 15) is 13.6 Å². The number of carbonyl (C=O) groups is 1. The van der Waals surface area contributed by atoms with E-state index in [-0.39, 0.29) is 11.6 Å². The lowest BCUT2D eigenvalue weighted by molar-refractivity contribution is -0.129. The first kappa shape index (κ1) is 12.9. The highest BCUT2D eigenvalue weighted by atomic mass is 35.5. The molecule has 0 aliphatic carbocycles. The fourth-order valence-electron chi connectivity index (χ4n) is 1.14. The molecule has 2 nitrogen and oxygen atoms in total. The molecule has 0 spiro atoms. The summed E-state index contributed by atoms with van der Waals surface area (Å²) < 4.78 is 26.6. The minimum Gasteiger partial charge on any atom is -0.350 e. The Morgan fingerprint density at radius 1 is 1.38 bits per heavy atom. The van der Waals surface area contributed by atoms with Gasteiger partial charge in [-0.25, -0.2) is 8.78 Å². The Labute approximate surface area is 97.6 Å². The number of carbonyl (C=O) groups excluding carboxylic acids is 1. The summed E-state index contributed by atoms with van der Waals surface area (Å²) in [6.07, 6.45) is 0. The van der Waals surface area contributed by atoms with E-state index in [0.29, 0.717) is 0 Å². The van der Waals surface area contributed by atoms with Crippen LogP contribution in [0.3, 0.4) is 0 Å². The third-order valence-corrected chi connectivity index (χ3v) is 2.30. The van der Waals surface area contributed by atoms with E-state index in [4.69, 9.17) is 11.6 Å². The van der Waals surface area contributed by atoms with Crippen LogP contribution in [0.5, 0.6) is 0 Å². The van der Waals surface area contributed by atoms with Crippen molar-refractivity contribution < 1.29 is 13.6 Å². The van der Waals surface area contributed by atoms with E-state index in [1.54, 1.807) is 13.8 Å². The molecule has 0 aliphatic heterocycles. The molecule has 1 unspecified atom stereocenters. The average Bonchev–Trinajstić information content (AvgIpc) is 2.17. The molecular weight excluding hydrogens is 236 g/mol. The van der Waals surface area contributed by atoms with Crippen molar-refractivity contribution in [2.75, 3.05) is 0 Å². The predicted molar refractivity (Wildman–Crippen MR) is 58.3 cm³/mol. The Morgan fingerprint density at radius 2 is 1.88 bits per heavy atom. The van der Waals surface area contributed by atoms with Crippen LogP contribution in [0.2, 0.25) is 0 Å². The van der Waals surface area contributed by atoms with Gasteiger partial charge in [0.2, 0.25) is 0 Å². The maximum Gasteiger partial charge on any atom is 0.286 e. The van der Waals surface area contributed by atoms with Crippen LogP contribution in [-0.4, -0.2) is 11.9 Å². The van der Waals surface area contributed by atoms with Gasteiger partial charge in [-0.15, -0.1) is 0 Å². The van der Waals surface area contributed by atoms with Crippen molar-refractivity contribution in [3.05, 3.63) is 35.6 Å². The number of nitrogens with one attached hydrogen (secondary N) is 1. The molecule has 5 heteroatoms. The second-order valence-corrected chi connectivity index (χ2v) is 4.23. The van der Waals surface area contributed by atoms with E-state index in [2.05, 4.69) is 5.32 Å². The van der Waals surface area contributed by atoms with Gasteiger partial charge in [-0.1, -0.05) is 23.7 Å². The first-order valence-corrected chi connectivity index (χ1v) is 5.16. The van der Waals surface area contributed by atoms with E-state index in [0.717, 1.165) is 24.3 Å². The highest BCUT2D eigenvalue weighted by Gasteiger charge is 2.38. The van der Waals surface area contributed by atoms with Crippen LogP contribution in [0.1, 0.15) is 19.4 Å². The Kier molecular flexibility index (Phi) is 3.86. The first-order chi connectivity index (χ1) is 7.34. The summed E-state index contributed by atoms with van der Waals surface area (Å²) in [4.78, 5) is 11.4. The van der Waals surface area contributed by atoms with Gasteiger partial charge in [0, 0.05) is 11.6 Å². The van der Waals surface area contributed by atoms with Gasteiger partial charge in [-0.3, -0.25) is 4.79 Å². The Bertz CT molecular complexity index is 376. The Morgan fingerprint density at radius 3 is 2.31 bits per heavy atom. The van der Waals surface area contributed by atoms with Crippen molar-refractivity contribution in [1.82, 2.24) is 5.32 Å². The number of benzene rings is 1. The van der Waals surface area contributed by atoms with Crippen molar-refractivity contribution in [1.29, 1.82) is 0 Å². The quantitative estimate of drug-likeness (QED) is 0.818. The number of rotatable bonds is 3. The summed E-state index contributed by atoms with van der Waals surface area (Å²) in [6, 6.07) is 4.16. The lowest BCUT2D eigenvalue weighted by Crippen LogP contribution is -2.40. The van der Waals surface area contributed by atoms with Crippen LogP contribution in [0.25, 0.3) is 0 Å². The summed E-state index contributed by atoms with van der Waals surface area (Å²) in [7, 11) is 0. The molecule has 0 aliphatic rings. The van der Waals surface area contributed by atoms with Crippen molar-refractivity contribution in [2.24, 2.45) is 0 Å². The summed E-state index contributed by atoms with van der Waals surface area (Å²) >= 11 is 5.51. The number of hydrogen-bond acceptors (Lipinski definition) is 1. The van der Waals surface area contributed by atoms with Gasteiger partial charge >= 0.3 is 0 Å². The second kappa shape index (κ2) is 4.78. The molecule has 1 aromatic carbocycles. The van der Waals surface area contributed by atoms with Crippen LogP contribution < -0.4 is 5.32 Å². The van der Waals surface area contributed by atoms with Gasteiger partial charge in [0.1, 0.15) is 5.82 Å². The van der Waals surface area contributed by atoms with Gasteiger partial charge in [0.15, 0.2) is 0 Å². The van der Waals surface area contributed by atoms with Crippen LogP contribution in [0, 0.1) is 5.82 Å². The minimum atomic E-state index is -2.67. The number of halogens is 3. The Balaban J connectivity index is 2.92. The number of hydrogen-bond donors (Lipinski definition) is 1. The molecular formula is C11H12ClF2NO. The summed E-state index contributed by atoms with van der Waals surface area (Å²) in [6.45, 7) is 3.38. The van der Waals surface area contributed by atoms with Crippen molar-refractivity contribution >= 4 is 17.5 Å². The van der Waals surface area contributed by atoms with Crippen LogP contribution in [0.15, 0.2) is 24.3 Å². The lowest BCUT2D eigenvalue weighted by atomic mass is 10.1. The molecule has 0 aromatic heterocycles. The van der Waals surface area contributed by atoms with Gasteiger partial charge < -0.3 is 5.32 Å². The van der Waals surface area contributed by atoms with E-state index in [1.165, 1.54) is 0 Å². The molecule has 1 amide bonds. The molecule has 16 heavy (non-hydrogen) atoms. The molecule has 0 heterocycles. The Hall–Kier alpha value is -1.16. The fourth-order valence-corrected chi connectivity index (χ4v) is 1.32. The van der Waals surface area contributed by atoms with Crippen molar-refractivity contribution in [2.45, 2.75) is 25.0 Å². The summed E-state index contributed by atoms with van der Waals surface area (Å²) in [5.41, 5.74) is -0.0892. The van der Waals surface area contributed by atoms with Crippen LogP contribution in [-0.2, 0) is 9.92 Å². The molecule has 0 bridgehead atoms. The van der Waals surface area contributed by atoms with Gasteiger partial charge in [-0.2, -0.15) is 0 Å². The van der Waals surface area contributed by atoms with E-state index in [1.807, 2.05) is 0 Å². The van der Waals surface area contributed by atoms with E-state index >= 15 is 0 Å². The van der Waals surface area contributed by atoms with Crippen molar-refractivity contribution in [3.8, 4) is 0 Å². The largest absolute Gasteiger partial charge is 0.350 e. The predicted octanol–water partition coefficient (Wildman–Crippen LogP) is 2.71. The smallest absolute Gasteiger partial charge is 0.286 e. The average molecular weight is 248 g/mol. The number of alkyl halides is 2. The SMILES string of the molecule is CC(C)NC(=O)C(F)(Cl)c1ccc(F)cc1. The topological polar surface area (TPSA) is 29.1 Å². The molecule has 0 saturated carbocycles. The third kappa shape index (κ3) is 2.92. The zero-order valence-corrected chi connectivity index (χ0v) is 9.68. The fraction of sp³-hybridized carbons (Fsp3) is 0.364. The standard InChI is InChI=1S/C11H12ClF2NO/c1-7(2)15-10(16)11(12,14)8-3-5-9(13)6-4-8/h3-7H,1-2H3,(H,15,16). The molecule has 1 rings (SSSR count).